The zero-order valence-electron chi connectivity index (χ0n) is 12.5. The molecular formula is C15H20BrNO3. The van der Waals surface area contributed by atoms with E-state index >= 15 is 0 Å². The minimum absolute atomic E-state index is 0.0582. The van der Waals surface area contributed by atoms with Crippen LogP contribution in [0, 0.1) is 5.92 Å². The van der Waals surface area contributed by atoms with Gasteiger partial charge in [0.2, 0.25) is 0 Å². The van der Waals surface area contributed by atoms with Gasteiger partial charge in [-0.1, -0.05) is 13.8 Å². The number of benzene rings is 1. The highest BCUT2D eigenvalue weighted by Gasteiger charge is 2.35. The van der Waals surface area contributed by atoms with Crippen molar-refractivity contribution in [1.29, 1.82) is 0 Å². The molecule has 1 aliphatic rings. The number of hydrogen-bond donors (Lipinski definition) is 0. The van der Waals surface area contributed by atoms with Gasteiger partial charge in [-0.05, 0) is 34.8 Å². The van der Waals surface area contributed by atoms with E-state index in [4.69, 9.17) is 9.47 Å². The molecule has 0 bridgehead atoms. The highest BCUT2D eigenvalue weighted by molar-refractivity contribution is 9.10. The minimum atomic E-state index is 0.0582. The number of carbonyl (C=O) groups is 1. The van der Waals surface area contributed by atoms with E-state index in [-0.39, 0.29) is 11.9 Å². The van der Waals surface area contributed by atoms with Gasteiger partial charge in [0.05, 0.1) is 18.7 Å². The second-order valence-electron chi connectivity index (χ2n) is 5.37. The summed E-state index contributed by atoms with van der Waals surface area (Å²) < 4.78 is 11.5. The summed E-state index contributed by atoms with van der Waals surface area (Å²) in [4.78, 5) is 14.5. The fourth-order valence-electron chi connectivity index (χ4n) is 2.42. The van der Waals surface area contributed by atoms with Crippen molar-refractivity contribution in [2.45, 2.75) is 33.4 Å². The fraction of sp³-hybridized carbons (Fsp3) is 0.533. The van der Waals surface area contributed by atoms with E-state index in [2.05, 4.69) is 36.7 Å². The number of nitrogens with zero attached hydrogens (tertiary/aromatic N) is 1. The average molecular weight is 342 g/mol. The van der Waals surface area contributed by atoms with Gasteiger partial charge in [0.15, 0.2) is 11.5 Å². The largest absolute Gasteiger partial charge is 0.493 e. The molecule has 20 heavy (non-hydrogen) atoms. The minimum Gasteiger partial charge on any atom is -0.493 e. The first-order valence-corrected chi connectivity index (χ1v) is 7.46. The molecule has 5 heteroatoms. The summed E-state index contributed by atoms with van der Waals surface area (Å²) >= 11 is 3.54. The first kappa shape index (κ1) is 15.2. The monoisotopic (exact) mass is 341 g/mol. The Morgan fingerprint density at radius 1 is 1.25 bits per heavy atom. The SMILES string of the molecule is COc1cc2c(c(Br)c1OC)CN(C(C)C(C)C)C2=O. The van der Waals surface area contributed by atoms with Crippen molar-refractivity contribution in [2.24, 2.45) is 5.92 Å². The van der Waals surface area contributed by atoms with Crippen LogP contribution in [0.3, 0.4) is 0 Å². The summed E-state index contributed by atoms with van der Waals surface area (Å²) in [5, 5.41) is 0. The van der Waals surface area contributed by atoms with Gasteiger partial charge in [-0.3, -0.25) is 4.79 Å². The highest BCUT2D eigenvalue weighted by atomic mass is 79.9. The molecule has 110 valence electrons. The maximum Gasteiger partial charge on any atom is 0.254 e. The Labute approximate surface area is 128 Å². The van der Waals surface area contributed by atoms with Gasteiger partial charge in [0.1, 0.15) is 0 Å². The lowest BCUT2D eigenvalue weighted by Gasteiger charge is -2.27. The van der Waals surface area contributed by atoms with Crippen molar-refractivity contribution in [3.05, 3.63) is 21.7 Å². The maximum absolute atomic E-state index is 12.6. The van der Waals surface area contributed by atoms with Crippen LogP contribution < -0.4 is 9.47 Å². The lowest BCUT2D eigenvalue weighted by molar-refractivity contribution is 0.0673. The van der Waals surface area contributed by atoms with E-state index in [1.54, 1.807) is 20.3 Å². The molecule has 0 spiro atoms. The van der Waals surface area contributed by atoms with Gasteiger partial charge in [0.25, 0.3) is 5.91 Å². The molecule has 0 saturated heterocycles. The van der Waals surface area contributed by atoms with Crippen LogP contribution in [0.4, 0.5) is 0 Å². The predicted molar refractivity (Wildman–Crippen MR) is 81.4 cm³/mol. The molecule has 1 heterocycles. The first-order valence-electron chi connectivity index (χ1n) is 6.66. The predicted octanol–water partition coefficient (Wildman–Crippen LogP) is 3.47. The van der Waals surface area contributed by atoms with Gasteiger partial charge in [-0.2, -0.15) is 0 Å². The number of ether oxygens (including phenoxy) is 2. The summed E-state index contributed by atoms with van der Waals surface area (Å²) in [6.45, 7) is 6.93. The molecular weight excluding hydrogens is 322 g/mol. The third kappa shape index (κ3) is 2.28. The lowest BCUT2D eigenvalue weighted by Crippen LogP contribution is -2.36. The smallest absolute Gasteiger partial charge is 0.254 e. The van der Waals surface area contributed by atoms with E-state index in [1.165, 1.54) is 0 Å². The van der Waals surface area contributed by atoms with Crippen molar-refractivity contribution in [3.63, 3.8) is 0 Å². The molecule has 1 aromatic rings. The summed E-state index contributed by atoms with van der Waals surface area (Å²) in [5.41, 5.74) is 1.67. The summed E-state index contributed by atoms with van der Waals surface area (Å²) in [6.07, 6.45) is 0. The van der Waals surface area contributed by atoms with Crippen molar-refractivity contribution in [1.82, 2.24) is 4.90 Å². The number of fused-ring (bicyclic) bond motifs is 1. The number of hydrogen-bond acceptors (Lipinski definition) is 3. The summed E-state index contributed by atoms with van der Waals surface area (Å²) in [5.74, 6) is 1.68. The molecule has 1 atom stereocenters. The molecule has 0 fully saturated rings. The zero-order valence-corrected chi connectivity index (χ0v) is 14.1. The Bertz CT molecular complexity index is 542. The molecule has 4 nitrogen and oxygen atoms in total. The van der Waals surface area contributed by atoms with E-state index < -0.39 is 0 Å². The first-order chi connectivity index (χ1) is 9.42. The molecule has 0 aliphatic carbocycles. The molecule has 0 N–H and O–H groups in total. The van der Waals surface area contributed by atoms with Crippen LogP contribution >= 0.6 is 15.9 Å². The van der Waals surface area contributed by atoms with E-state index in [1.807, 2.05) is 4.90 Å². The number of methoxy groups -OCH3 is 2. The average Bonchev–Trinajstić information content (AvgIpc) is 2.75. The fourth-order valence-corrected chi connectivity index (χ4v) is 3.12. The molecule has 0 aromatic heterocycles. The Morgan fingerprint density at radius 2 is 1.90 bits per heavy atom. The third-order valence-electron chi connectivity index (χ3n) is 3.99. The quantitative estimate of drug-likeness (QED) is 0.841. The second kappa shape index (κ2) is 5.64. The molecule has 0 radical (unpaired) electrons. The normalized spacial score (nSPS) is 15.6. The van der Waals surface area contributed by atoms with E-state index in [0.717, 1.165) is 10.0 Å². The van der Waals surface area contributed by atoms with Crippen molar-refractivity contribution in [2.75, 3.05) is 14.2 Å². The molecule has 1 amide bonds. The van der Waals surface area contributed by atoms with E-state index in [9.17, 15) is 4.79 Å². The van der Waals surface area contributed by atoms with Gasteiger partial charge < -0.3 is 14.4 Å². The third-order valence-corrected chi connectivity index (χ3v) is 4.83. The van der Waals surface area contributed by atoms with Crippen LogP contribution in [0.5, 0.6) is 11.5 Å². The molecule has 2 rings (SSSR count). The van der Waals surface area contributed by atoms with Crippen molar-refractivity contribution in [3.8, 4) is 11.5 Å². The van der Waals surface area contributed by atoms with Crippen LogP contribution in [-0.4, -0.2) is 31.1 Å². The number of halogens is 1. The Hall–Kier alpha value is -1.23. The second-order valence-corrected chi connectivity index (χ2v) is 6.16. The molecule has 1 aliphatic heterocycles. The summed E-state index contributed by atoms with van der Waals surface area (Å²) in [7, 11) is 3.17. The number of rotatable bonds is 4. The molecule has 1 aromatic carbocycles. The molecule has 1 unspecified atom stereocenters. The number of amides is 1. The van der Waals surface area contributed by atoms with Crippen LogP contribution in [0.2, 0.25) is 0 Å². The van der Waals surface area contributed by atoms with Gasteiger partial charge >= 0.3 is 0 Å². The van der Waals surface area contributed by atoms with Crippen LogP contribution in [0.1, 0.15) is 36.7 Å². The van der Waals surface area contributed by atoms with Crippen molar-refractivity contribution < 1.29 is 14.3 Å². The lowest BCUT2D eigenvalue weighted by atomic mass is 10.1. The van der Waals surface area contributed by atoms with Gasteiger partial charge in [-0.15, -0.1) is 0 Å². The zero-order chi connectivity index (χ0) is 15.0. The highest BCUT2D eigenvalue weighted by Crippen LogP contribution is 2.43. The Balaban J connectivity index is 2.49. The maximum atomic E-state index is 12.6. The van der Waals surface area contributed by atoms with Crippen LogP contribution in [-0.2, 0) is 6.54 Å². The molecule has 0 saturated carbocycles. The standard InChI is InChI=1S/C15H20BrNO3/c1-8(2)9(3)17-7-11-10(15(17)18)6-12(19-4)14(20-5)13(11)16/h6,8-9H,7H2,1-5H3. The van der Waals surface area contributed by atoms with Gasteiger partial charge in [-0.25, -0.2) is 0 Å². The van der Waals surface area contributed by atoms with Crippen molar-refractivity contribution >= 4 is 21.8 Å². The Morgan fingerprint density at radius 3 is 2.40 bits per heavy atom. The van der Waals surface area contributed by atoms with Crippen LogP contribution in [0.15, 0.2) is 10.5 Å². The summed E-state index contributed by atoms with van der Waals surface area (Å²) in [6, 6.07) is 1.97. The van der Waals surface area contributed by atoms with Crippen LogP contribution in [0.25, 0.3) is 0 Å². The Kier molecular flexibility index (Phi) is 4.28. The van der Waals surface area contributed by atoms with E-state index in [0.29, 0.717) is 29.5 Å². The van der Waals surface area contributed by atoms with Gasteiger partial charge in [0, 0.05) is 23.7 Å². The number of carbonyl (C=O) groups excluding carboxylic acids is 1. The topological polar surface area (TPSA) is 38.8 Å².